The van der Waals surface area contributed by atoms with Crippen LogP contribution in [0.2, 0.25) is 0 Å². The number of aliphatic hydroxyl groups is 1. The van der Waals surface area contributed by atoms with Gasteiger partial charge in [-0.2, -0.15) is 0 Å². The summed E-state index contributed by atoms with van der Waals surface area (Å²) in [7, 11) is 0. The summed E-state index contributed by atoms with van der Waals surface area (Å²) in [5, 5.41) is 8.49. The van der Waals surface area contributed by atoms with Crippen molar-refractivity contribution in [3.63, 3.8) is 0 Å². The first-order valence-corrected chi connectivity index (χ1v) is 4.54. The van der Waals surface area contributed by atoms with E-state index in [1.165, 1.54) is 38.5 Å². The second-order valence-corrected chi connectivity index (χ2v) is 3.37. The Morgan fingerprint density at radius 2 is 1.70 bits per heavy atom. The Labute approximate surface area is 63.4 Å². The van der Waals surface area contributed by atoms with E-state index in [9.17, 15) is 0 Å². The second-order valence-electron chi connectivity index (χ2n) is 3.37. The Morgan fingerprint density at radius 1 is 1.00 bits per heavy atom. The minimum absolute atomic E-state index is 0.378. The van der Waals surface area contributed by atoms with Crippen LogP contribution in [0.3, 0.4) is 0 Å². The molecule has 0 saturated heterocycles. The van der Waals surface area contributed by atoms with Gasteiger partial charge in [0.15, 0.2) is 0 Å². The molecule has 0 amide bonds. The smallest absolute Gasteiger partial charge is 0.0431 e. The molecular formula is C9H18O. The molecule has 0 spiro atoms. The van der Waals surface area contributed by atoms with Gasteiger partial charge in [0, 0.05) is 6.61 Å². The van der Waals surface area contributed by atoms with E-state index in [0.29, 0.717) is 6.61 Å². The summed E-state index contributed by atoms with van der Waals surface area (Å²) in [6.45, 7) is 0.378. The third-order valence-electron chi connectivity index (χ3n) is 2.22. The highest BCUT2D eigenvalue weighted by molar-refractivity contribution is 4.72. The molecule has 0 unspecified atom stereocenters. The van der Waals surface area contributed by atoms with E-state index in [-0.39, 0.29) is 0 Å². The molecule has 1 aliphatic carbocycles. The Morgan fingerprint density at radius 3 is 2.30 bits per heavy atom. The van der Waals surface area contributed by atoms with Crippen LogP contribution >= 0.6 is 0 Å². The van der Waals surface area contributed by atoms with Crippen molar-refractivity contribution in [2.45, 2.75) is 44.9 Å². The number of hydrogen-bond acceptors (Lipinski definition) is 1. The number of unbranched alkanes of at least 4 members (excludes halogenated alkanes) is 3. The van der Waals surface area contributed by atoms with E-state index >= 15 is 0 Å². The molecule has 60 valence electrons. The van der Waals surface area contributed by atoms with Gasteiger partial charge in [-0.15, -0.1) is 0 Å². The fourth-order valence-corrected chi connectivity index (χ4v) is 1.30. The van der Waals surface area contributed by atoms with Crippen LogP contribution in [0.15, 0.2) is 0 Å². The molecule has 1 heteroatoms. The highest BCUT2D eigenvalue weighted by Gasteiger charge is 2.19. The zero-order valence-corrected chi connectivity index (χ0v) is 6.68. The molecule has 0 bridgehead atoms. The lowest BCUT2D eigenvalue weighted by Gasteiger charge is -1.96. The van der Waals surface area contributed by atoms with Crippen LogP contribution in [-0.4, -0.2) is 11.7 Å². The molecule has 10 heavy (non-hydrogen) atoms. The molecule has 0 aliphatic heterocycles. The largest absolute Gasteiger partial charge is 0.396 e. The minimum atomic E-state index is 0.378. The van der Waals surface area contributed by atoms with Crippen LogP contribution in [0.4, 0.5) is 0 Å². The molecule has 0 radical (unpaired) electrons. The van der Waals surface area contributed by atoms with Gasteiger partial charge in [0.25, 0.3) is 0 Å². The van der Waals surface area contributed by atoms with Gasteiger partial charge in [0.1, 0.15) is 0 Å². The van der Waals surface area contributed by atoms with Crippen molar-refractivity contribution >= 4 is 0 Å². The Bertz CT molecular complexity index is 76.8. The van der Waals surface area contributed by atoms with Gasteiger partial charge < -0.3 is 5.11 Å². The maximum atomic E-state index is 8.49. The van der Waals surface area contributed by atoms with E-state index in [0.717, 1.165) is 12.3 Å². The summed E-state index contributed by atoms with van der Waals surface area (Å²) < 4.78 is 0. The van der Waals surface area contributed by atoms with E-state index < -0.39 is 0 Å². The lowest BCUT2D eigenvalue weighted by atomic mass is 10.1. The highest BCUT2D eigenvalue weighted by Crippen LogP contribution is 2.33. The first kappa shape index (κ1) is 8.06. The lowest BCUT2D eigenvalue weighted by molar-refractivity contribution is 0.282. The van der Waals surface area contributed by atoms with E-state index in [2.05, 4.69) is 0 Å². The van der Waals surface area contributed by atoms with Gasteiger partial charge in [-0.05, 0) is 12.3 Å². The van der Waals surface area contributed by atoms with Crippen LogP contribution in [-0.2, 0) is 0 Å². The van der Waals surface area contributed by atoms with Crippen LogP contribution in [0.25, 0.3) is 0 Å². The third kappa shape index (κ3) is 3.89. The summed E-state index contributed by atoms with van der Waals surface area (Å²) >= 11 is 0. The normalized spacial score (nSPS) is 17.7. The summed E-state index contributed by atoms with van der Waals surface area (Å²) in [5.41, 5.74) is 0. The average molecular weight is 142 g/mol. The van der Waals surface area contributed by atoms with Crippen molar-refractivity contribution in [3.05, 3.63) is 0 Å². The second kappa shape index (κ2) is 4.73. The standard InChI is InChI=1S/C9H18O/c10-8-4-2-1-3-5-9-6-7-9/h9-10H,1-8H2. The molecule has 0 heterocycles. The van der Waals surface area contributed by atoms with E-state index in [1.54, 1.807) is 0 Å². The van der Waals surface area contributed by atoms with Crippen molar-refractivity contribution in [1.29, 1.82) is 0 Å². The monoisotopic (exact) mass is 142 g/mol. The third-order valence-corrected chi connectivity index (χ3v) is 2.22. The quantitative estimate of drug-likeness (QED) is 0.564. The first-order valence-electron chi connectivity index (χ1n) is 4.54. The topological polar surface area (TPSA) is 20.2 Å². The van der Waals surface area contributed by atoms with Crippen LogP contribution in [0.1, 0.15) is 44.9 Å². The van der Waals surface area contributed by atoms with E-state index in [1.807, 2.05) is 0 Å². The van der Waals surface area contributed by atoms with Gasteiger partial charge in [-0.3, -0.25) is 0 Å². The van der Waals surface area contributed by atoms with Crippen LogP contribution in [0.5, 0.6) is 0 Å². The predicted molar refractivity (Wildman–Crippen MR) is 42.9 cm³/mol. The number of hydrogen-bond donors (Lipinski definition) is 1. The fourth-order valence-electron chi connectivity index (χ4n) is 1.30. The van der Waals surface area contributed by atoms with Gasteiger partial charge in [0.2, 0.25) is 0 Å². The molecule has 1 aliphatic rings. The summed E-state index contributed by atoms with van der Waals surface area (Å²) in [5.74, 6) is 1.09. The average Bonchev–Trinajstić information content (AvgIpc) is 2.71. The van der Waals surface area contributed by atoms with Gasteiger partial charge in [-0.25, -0.2) is 0 Å². The van der Waals surface area contributed by atoms with Crippen molar-refractivity contribution in [1.82, 2.24) is 0 Å². The zero-order valence-electron chi connectivity index (χ0n) is 6.68. The molecule has 1 N–H and O–H groups in total. The van der Waals surface area contributed by atoms with Crippen LogP contribution in [0, 0.1) is 5.92 Å². The Kier molecular flexibility index (Phi) is 3.81. The molecule has 0 aromatic heterocycles. The predicted octanol–water partition coefficient (Wildman–Crippen LogP) is 2.34. The number of aliphatic hydroxyl groups excluding tert-OH is 1. The lowest BCUT2D eigenvalue weighted by Crippen LogP contribution is -1.83. The number of rotatable bonds is 6. The summed E-state index contributed by atoms with van der Waals surface area (Å²) in [6.07, 6.45) is 9.38. The summed E-state index contributed by atoms with van der Waals surface area (Å²) in [4.78, 5) is 0. The van der Waals surface area contributed by atoms with Crippen molar-refractivity contribution in [2.75, 3.05) is 6.61 Å². The summed E-state index contributed by atoms with van der Waals surface area (Å²) in [6, 6.07) is 0. The zero-order chi connectivity index (χ0) is 7.23. The molecule has 0 aromatic carbocycles. The van der Waals surface area contributed by atoms with Crippen molar-refractivity contribution in [3.8, 4) is 0 Å². The molecule has 1 rings (SSSR count). The Hall–Kier alpha value is -0.0400. The van der Waals surface area contributed by atoms with Gasteiger partial charge in [-0.1, -0.05) is 38.5 Å². The van der Waals surface area contributed by atoms with Crippen LogP contribution < -0.4 is 0 Å². The SMILES string of the molecule is OCCCCCCC1CC1. The highest BCUT2D eigenvalue weighted by atomic mass is 16.2. The minimum Gasteiger partial charge on any atom is -0.396 e. The molecule has 1 fully saturated rings. The molecule has 0 aromatic rings. The maximum Gasteiger partial charge on any atom is 0.0431 e. The van der Waals surface area contributed by atoms with Gasteiger partial charge >= 0.3 is 0 Å². The van der Waals surface area contributed by atoms with E-state index in [4.69, 9.17) is 5.11 Å². The first-order chi connectivity index (χ1) is 4.93. The van der Waals surface area contributed by atoms with Crippen molar-refractivity contribution in [2.24, 2.45) is 5.92 Å². The molecular weight excluding hydrogens is 124 g/mol. The fraction of sp³-hybridized carbons (Fsp3) is 1.00. The Balaban J connectivity index is 1.68. The molecule has 1 nitrogen and oxygen atoms in total. The molecule has 1 saturated carbocycles. The maximum absolute atomic E-state index is 8.49. The van der Waals surface area contributed by atoms with Crippen molar-refractivity contribution < 1.29 is 5.11 Å². The van der Waals surface area contributed by atoms with Gasteiger partial charge in [0.05, 0.1) is 0 Å². The molecule has 0 atom stereocenters.